The van der Waals surface area contributed by atoms with Gasteiger partial charge in [-0.05, 0) is 42.5 Å². The fourth-order valence-electron chi connectivity index (χ4n) is 4.69. The molecule has 1 aromatic heterocycles. The molecule has 10 nitrogen and oxygen atoms in total. The van der Waals surface area contributed by atoms with E-state index in [4.69, 9.17) is 14.2 Å². The van der Waals surface area contributed by atoms with Gasteiger partial charge in [0.2, 0.25) is 0 Å². The number of carbonyl (C=O) groups is 2. The lowest BCUT2D eigenvalue weighted by Gasteiger charge is -2.42. The lowest BCUT2D eigenvalue weighted by atomic mass is 10.0. The van der Waals surface area contributed by atoms with E-state index in [-0.39, 0.29) is 18.6 Å². The molecule has 180 valence electrons. The SMILES string of the molecule is COc1ccc2nccc(N3CC(NCC4CN(c5ccc6c(c5)NC(=O)CO6)C(=O)O4)C3)c2c1. The second kappa shape index (κ2) is 8.62. The Kier molecular flexibility index (Phi) is 5.29. The number of pyridine rings is 1. The summed E-state index contributed by atoms with van der Waals surface area (Å²) < 4.78 is 16.3. The van der Waals surface area contributed by atoms with E-state index < -0.39 is 6.09 Å². The van der Waals surface area contributed by atoms with Crippen LogP contribution in [0.15, 0.2) is 48.7 Å². The molecule has 3 aliphatic rings. The summed E-state index contributed by atoms with van der Waals surface area (Å²) in [6, 6.07) is 13.5. The number of rotatable bonds is 6. The first-order valence-electron chi connectivity index (χ1n) is 11.5. The van der Waals surface area contributed by atoms with Crippen LogP contribution in [0.25, 0.3) is 10.9 Å². The summed E-state index contributed by atoms with van der Waals surface area (Å²) in [5.74, 6) is 1.19. The molecule has 35 heavy (non-hydrogen) atoms. The smallest absolute Gasteiger partial charge is 0.414 e. The predicted molar refractivity (Wildman–Crippen MR) is 130 cm³/mol. The van der Waals surface area contributed by atoms with Crippen LogP contribution in [0, 0.1) is 0 Å². The fraction of sp³-hybridized carbons (Fsp3) is 0.320. The molecule has 6 rings (SSSR count). The number of nitrogens with zero attached hydrogens (tertiary/aromatic N) is 3. The van der Waals surface area contributed by atoms with Crippen LogP contribution in [0.2, 0.25) is 0 Å². The van der Waals surface area contributed by atoms with Crippen LogP contribution in [0.5, 0.6) is 11.5 Å². The molecule has 1 atom stereocenters. The zero-order chi connectivity index (χ0) is 23.9. The van der Waals surface area contributed by atoms with Crippen molar-refractivity contribution in [2.24, 2.45) is 0 Å². The zero-order valence-corrected chi connectivity index (χ0v) is 19.2. The lowest BCUT2D eigenvalue weighted by Crippen LogP contribution is -2.59. The van der Waals surface area contributed by atoms with E-state index in [1.54, 1.807) is 30.2 Å². The van der Waals surface area contributed by atoms with Gasteiger partial charge in [0.15, 0.2) is 6.61 Å². The van der Waals surface area contributed by atoms with E-state index in [9.17, 15) is 9.59 Å². The van der Waals surface area contributed by atoms with Gasteiger partial charge in [-0.25, -0.2) is 4.79 Å². The largest absolute Gasteiger partial charge is 0.497 e. The summed E-state index contributed by atoms with van der Waals surface area (Å²) in [4.78, 5) is 32.4. The highest BCUT2D eigenvalue weighted by Gasteiger charge is 2.35. The van der Waals surface area contributed by atoms with Gasteiger partial charge in [-0.1, -0.05) is 0 Å². The molecule has 0 radical (unpaired) electrons. The molecule has 3 aromatic rings. The molecule has 0 aliphatic carbocycles. The van der Waals surface area contributed by atoms with Crippen molar-refractivity contribution < 1.29 is 23.8 Å². The first-order chi connectivity index (χ1) is 17.1. The first-order valence-corrected chi connectivity index (χ1v) is 11.5. The fourth-order valence-corrected chi connectivity index (χ4v) is 4.69. The van der Waals surface area contributed by atoms with E-state index >= 15 is 0 Å². The minimum Gasteiger partial charge on any atom is -0.497 e. The Hall–Kier alpha value is -4.05. The molecule has 4 heterocycles. The van der Waals surface area contributed by atoms with Crippen molar-refractivity contribution in [1.29, 1.82) is 0 Å². The molecule has 3 aliphatic heterocycles. The molecule has 0 spiro atoms. The number of aromatic nitrogens is 1. The summed E-state index contributed by atoms with van der Waals surface area (Å²) in [7, 11) is 1.66. The van der Waals surface area contributed by atoms with E-state index in [0.717, 1.165) is 35.4 Å². The monoisotopic (exact) mass is 475 g/mol. The van der Waals surface area contributed by atoms with E-state index in [0.29, 0.717) is 36.3 Å². The van der Waals surface area contributed by atoms with Crippen molar-refractivity contribution in [3.05, 3.63) is 48.7 Å². The van der Waals surface area contributed by atoms with Gasteiger partial charge in [0.25, 0.3) is 5.91 Å². The number of ether oxygens (including phenoxy) is 3. The van der Waals surface area contributed by atoms with Crippen molar-refractivity contribution in [3.8, 4) is 11.5 Å². The quantitative estimate of drug-likeness (QED) is 0.560. The highest BCUT2D eigenvalue weighted by Crippen LogP contribution is 2.34. The molecular formula is C25H25N5O5. The van der Waals surface area contributed by atoms with E-state index in [2.05, 4.69) is 20.5 Å². The Balaban J connectivity index is 1.05. The van der Waals surface area contributed by atoms with Gasteiger partial charge in [0.1, 0.15) is 17.6 Å². The van der Waals surface area contributed by atoms with Crippen LogP contribution < -0.4 is 29.9 Å². The van der Waals surface area contributed by atoms with E-state index in [1.165, 1.54) is 0 Å². The number of carbonyl (C=O) groups excluding carboxylic acids is 2. The van der Waals surface area contributed by atoms with Gasteiger partial charge in [0.05, 0.1) is 24.9 Å². The molecule has 2 fully saturated rings. The van der Waals surface area contributed by atoms with Gasteiger partial charge in [0, 0.05) is 48.6 Å². The van der Waals surface area contributed by atoms with E-state index in [1.807, 2.05) is 30.5 Å². The summed E-state index contributed by atoms with van der Waals surface area (Å²) in [5.41, 5.74) is 3.29. The number of hydrogen-bond donors (Lipinski definition) is 2. The zero-order valence-electron chi connectivity index (χ0n) is 19.2. The third kappa shape index (κ3) is 4.06. The summed E-state index contributed by atoms with van der Waals surface area (Å²) in [6.07, 6.45) is 1.17. The van der Waals surface area contributed by atoms with Gasteiger partial charge >= 0.3 is 6.09 Å². The molecule has 10 heteroatoms. The van der Waals surface area contributed by atoms with Crippen LogP contribution in [-0.4, -0.2) is 69.0 Å². The predicted octanol–water partition coefficient (Wildman–Crippen LogP) is 2.38. The maximum Gasteiger partial charge on any atom is 0.414 e. The molecule has 1 unspecified atom stereocenters. The van der Waals surface area contributed by atoms with Crippen molar-refractivity contribution in [2.75, 3.05) is 55.0 Å². The Bertz CT molecular complexity index is 1310. The maximum atomic E-state index is 12.5. The lowest BCUT2D eigenvalue weighted by molar-refractivity contribution is -0.118. The van der Waals surface area contributed by atoms with Gasteiger partial charge in [-0.15, -0.1) is 0 Å². The number of fused-ring (bicyclic) bond motifs is 2. The second-order valence-corrected chi connectivity index (χ2v) is 8.86. The van der Waals surface area contributed by atoms with Crippen molar-refractivity contribution in [2.45, 2.75) is 12.1 Å². The van der Waals surface area contributed by atoms with Crippen molar-refractivity contribution in [1.82, 2.24) is 10.3 Å². The average molecular weight is 476 g/mol. The molecule has 0 bridgehead atoms. The number of nitrogens with one attached hydrogen (secondary N) is 2. The Morgan fingerprint density at radius 1 is 1.14 bits per heavy atom. The van der Waals surface area contributed by atoms with Gasteiger partial charge < -0.3 is 29.7 Å². The highest BCUT2D eigenvalue weighted by molar-refractivity contribution is 5.97. The van der Waals surface area contributed by atoms with Crippen LogP contribution in [0.4, 0.5) is 21.9 Å². The van der Waals surface area contributed by atoms with Gasteiger partial charge in [-0.2, -0.15) is 0 Å². The standard InChI is InChI=1S/C25H25N5O5/c1-33-17-3-4-20-19(9-17)22(6-7-26-20)29-11-15(12-29)27-10-18-13-30(25(32)35-18)16-2-5-23-21(8-16)28-24(31)14-34-23/h2-9,15,18,27H,10-14H2,1H3,(H,28,31). The average Bonchev–Trinajstić information content (AvgIpc) is 3.22. The van der Waals surface area contributed by atoms with Crippen molar-refractivity contribution in [3.63, 3.8) is 0 Å². The topological polar surface area (TPSA) is 105 Å². The molecule has 2 N–H and O–H groups in total. The molecular weight excluding hydrogens is 450 g/mol. The minimum absolute atomic E-state index is 0.00395. The normalized spacial score (nSPS) is 19.6. The Labute approximate surface area is 201 Å². The molecule has 2 amide bonds. The maximum absolute atomic E-state index is 12.5. The van der Waals surface area contributed by atoms with Crippen LogP contribution in [0.3, 0.4) is 0 Å². The summed E-state index contributed by atoms with van der Waals surface area (Å²) >= 11 is 0. The number of amides is 2. The molecule has 2 saturated heterocycles. The third-order valence-electron chi connectivity index (χ3n) is 6.56. The van der Waals surface area contributed by atoms with Crippen molar-refractivity contribution >= 4 is 40.0 Å². The third-order valence-corrected chi connectivity index (χ3v) is 6.56. The second-order valence-electron chi connectivity index (χ2n) is 8.86. The van der Waals surface area contributed by atoms with Crippen LogP contribution in [0.1, 0.15) is 0 Å². The molecule has 0 saturated carbocycles. The number of benzene rings is 2. The number of cyclic esters (lactones) is 1. The summed E-state index contributed by atoms with van der Waals surface area (Å²) in [6.45, 7) is 2.70. The van der Waals surface area contributed by atoms with Crippen LogP contribution in [-0.2, 0) is 9.53 Å². The van der Waals surface area contributed by atoms with Crippen LogP contribution >= 0.6 is 0 Å². The van der Waals surface area contributed by atoms with Gasteiger partial charge in [-0.3, -0.25) is 14.7 Å². The number of anilines is 3. The first kappa shape index (κ1) is 21.5. The highest BCUT2D eigenvalue weighted by atomic mass is 16.6. The number of methoxy groups -OCH3 is 1. The number of hydrogen-bond acceptors (Lipinski definition) is 8. The minimum atomic E-state index is -0.396. The Morgan fingerprint density at radius 3 is 2.89 bits per heavy atom. The summed E-state index contributed by atoms with van der Waals surface area (Å²) in [5, 5.41) is 7.35. The Morgan fingerprint density at radius 2 is 2.03 bits per heavy atom. The molecule has 2 aromatic carbocycles.